The molecule has 1 aromatic carbocycles. The Morgan fingerprint density at radius 1 is 1.18 bits per heavy atom. The van der Waals surface area contributed by atoms with Crippen LogP contribution in [0.5, 0.6) is 0 Å². The molecule has 0 aliphatic carbocycles. The lowest BCUT2D eigenvalue weighted by molar-refractivity contribution is -0.140. The molecule has 4 heteroatoms. The summed E-state index contributed by atoms with van der Waals surface area (Å²) in [5.41, 5.74) is -1.27. The van der Waals surface area contributed by atoms with Gasteiger partial charge in [-0.2, -0.15) is 0 Å². The van der Waals surface area contributed by atoms with Crippen LogP contribution in [0.25, 0.3) is 0 Å². The summed E-state index contributed by atoms with van der Waals surface area (Å²) in [5.74, 6) is -1.72. The van der Waals surface area contributed by atoms with Crippen molar-refractivity contribution in [3.05, 3.63) is 61.2 Å². The van der Waals surface area contributed by atoms with Crippen molar-refractivity contribution < 1.29 is 14.7 Å². The first kappa shape index (κ1) is 12.7. The largest absolute Gasteiger partial charge is 0.479 e. The van der Waals surface area contributed by atoms with Crippen molar-refractivity contribution in [2.75, 3.05) is 0 Å². The minimum atomic E-state index is -1.65. The van der Waals surface area contributed by atoms with Crippen LogP contribution in [0.1, 0.15) is 10.4 Å². The maximum atomic E-state index is 11.8. The van der Waals surface area contributed by atoms with Crippen LogP contribution in [0.4, 0.5) is 0 Å². The highest BCUT2D eigenvalue weighted by Crippen LogP contribution is 2.10. The summed E-state index contributed by atoms with van der Waals surface area (Å²) in [4.78, 5) is 22.9. The van der Waals surface area contributed by atoms with Crippen LogP contribution in [-0.4, -0.2) is 22.5 Å². The van der Waals surface area contributed by atoms with Gasteiger partial charge in [0.1, 0.15) is 0 Å². The summed E-state index contributed by atoms with van der Waals surface area (Å²) in [6.45, 7) is 6.81. The molecule has 0 radical (unpaired) electrons. The smallest absolute Gasteiger partial charge is 0.337 e. The van der Waals surface area contributed by atoms with Crippen LogP contribution in [0, 0.1) is 0 Å². The Bertz CT molecular complexity index is 443. The molecule has 0 heterocycles. The first-order chi connectivity index (χ1) is 8.05. The lowest BCUT2D eigenvalue weighted by Crippen LogP contribution is -2.51. The van der Waals surface area contributed by atoms with E-state index in [0.717, 1.165) is 12.2 Å². The molecule has 0 aromatic heterocycles. The third-order valence-electron chi connectivity index (χ3n) is 2.35. The fourth-order valence-corrected chi connectivity index (χ4v) is 1.26. The summed E-state index contributed by atoms with van der Waals surface area (Å²) in [7, 11) is 0. The van der Waals surface area contributed by atoms with E-state index in [1.807, 2.05) is 0 Å². The normalized spacial score (nSPS) is 10.4. The molecule has 4 nitrogen and oxygen atoms in total. The maximum Gasteiger partial charge on any atom is 0.337 e. The van der Waals surface area contributed by atoms with Gasteiger partial charge < -0.3 is 10.4 Å². The molecular formula is C13H13NO3. The van der Waals surface area contributed by atoms with Gasteiger partial charge in [-0.15, -0.1) is 0 Å². The topological polar surface area (TPSA) is 66.4 Å². The van der Waals surface area contributed by atoms with Gasteiger partial charge in [-0.1, -0.05) is 43.5 Å². The van der Waals surface area contributed by atoms with Crippen molar-refractivity contribution in [3.8, 4) is 0 Å². The Balaban J connectivity index is 2.97. The van der Waals surface area contributed by atoms with Crippen molar-refractivity contribution in [3.63, 3.8) is 0 Å². The molecule has 88 valence electrons. The molecule has 0 aliphatic rings. The second-order valence-electron chi connectivity index (χ2n) is 3.40. The summed E-state index contributed by atoms with van der Waals surface area (Å²) in [6, 6.07) is 8.34. The third kappa shape index (κ3) is 2.60. The monoisotopic (exact) mass is 231 g/mol. The van der Waals surface area contributed by atoms with Gasteiger partial charge in [0.15, 0.2) is 5.54 Å². The van der Waals surface area contributed by atoms with Crippen molar-refractivity contribution in [2.24, 2.45) is 0 Å². The van der Waals surface area contributed by atoms with Crippen molar-refractivity contribution in [2.45, 2.75) is 5.54 Å². The summed E-state index contributed by atoms with van der Waals surface area (Å²) in [6.07, 6.45) is 2.26. The molecule has 1 aromatic rings. The number of rotatable bonds is 5. The van der Waals surface area contributed by atoms with E-state index >= 15 is 0 Å². The van der Waals surface area contributed by atoms with Gasteiger partial charge in [0.05, 0.1) is 0 Å². The van der Waals surface area contributed by atoms with Gasteiger partial charge in [-0.3, -0.25) is 4.79 Å². The van der Waals surface area contributed by atoms with E-state index in [1.54, 1.807) is 30.3 Å². The number of amides is 1. The van der Waals surface area contributed by atoms with Crippen LogP contribution in [-0.2, 0) is 4.79 Å². The summed E-state index contributed by atoms with van der Waals surface area (Å²) in [5, 5.41) is 11.4. The number of hydrogen-bond donors (Lipinski definition) is 2. The molecule has 1 rings (SSSR count). The molecular weight excluding hydrogens is 218 g/mol. The molecule has 0 aliphatic heterocycles. The Labute approximate surface area is 99.3 Å². The molecule has 0 spiro atoms. The number of carbonyl (C=O) groups is 2. The molecule has 2 N–H and O–H groups in total. The molecule has 0 fully saturated rings. The third-order valence-corrected chi connectivity index (χ3v) is 2.35. The second-order valence-corrected chi connectivity index (χ2v) is 3.40. The van der Waals surface area contributed by atoms with Crippen LogP contribution in [0.15, 0.2) is 55.6 Å². The van der Waals surface area contributed by atoms with Gasteiger partial charge >= 0.3 is 5.97 Å². The number of aliphatic carboxylic acids is 1. The molecule has 1 amide bonds. The minimum absolute atomic E-state index is 0.377. The van der Waals surface area contributed by atoms with Crippen LogP contribution in [0.2, 0.25) is 0 Å². The predicted molar refractivity (Wildman–Crippen MR) is 64.7 cm³/mol. The zero-order valence-corrected chi connectivity index (χ0v) is 9.22. The van der Waals surface area contributed by atoms with Gasteiger partial charge in [-0.05, 0) is 12.1 Å². The van der Waals surface area contributed by atoms with Crippen molar-refractivity contribution in [1.82, 2.24) is 5.32 Å². The van der Waals surface area contributed by atoms with E-state index in [4.69, 9.17) is 5.11 Å². The Morgan fingerprint density at radius 2 is 1.71 bits per heavy atom. The SMILES string of the molecule is C=CC(C=C)(NC(=O)c1ccccc1)C(=O)O. The Morgan fingerprint density at radius 3 is 2.12 bits per heavy atom. The molecule has 0 saturated carbocycles. The number of hydrogen-bond acceptors (Lipinski definition) is 2. The van der Waals surface area contributed by atoms with E-state index in [9.17, 15) is 9.59 Å². The molecule has 0 bridgehead atoms. The van der Waals surface area contributed by atoms with Crippen molar-refractivity contribution >= 4 is 11.9 Å². The van der Waals surface area contributed by atoms with E-state index in [-0.39, 0.29) is 0 Å². The van der Waals surface area contributed by atoms with Gasteiger partial charge in [0.2, 0.25) is 0 Å². The highest BCUT2D eigenvalue weighted by atomic mass is 16.4. The number of carbonyl (C=O) groups excluding carboxylic acids is 1. The maximum absolute atomic E-state index is 11.8. The van der Waals surface area contributed by atoms with Crippen molar-refractivity contribution in [1.29, 1.82) is 0 Å². The van der Waals surface area contributed by atoms with E-state index < -0.39 is 17.4 Å². The first-order valence-electron chi connectivity index (χ1n) is 4.94. The molecule has 17 heavy (non-hydrogen) atoms. The number of carboxylic acids is 1. The Kier molecular flexibility index (Phi) is 3.82. The van der Waals surface area contributed by atoms with Gasteiger partial charge in [0.25, 0.3) is 5.91 Å². The number of nitrogens with one attached hydrogen (secondary N) is 1. The van der Waals surface area contributed by atoms with E-state index in [0.29, 0.717) is 5.56 Å². The average molecular weight is 231 g/mol. The van der Waals surface area contributed by atoms with E-state index in [2.05, 4.69) is 18.5 Å². The van der Waals surface area contributed by atoms with Gasteiger partial charge in [-0.25, -0.2) is 4.79 Å². The standard InChI is InChI=1S/C13H13NO3/c1-3-13(4-2,12(16)17)14-11(15)10-8-6-5-7-9-10/h3-9H,1-2H2,(H,14,15)(H,16,17). The number of carboxylic acid groups (broad SMARTS) is 1. The zero-order valence-electron chi connectivity index (χ0n) is 9.22. The highest BCUT2D eigenvalue weighted by Gasteiger charge is 2.33. The second kappa shape index (κ2) is 5.12. The highest BCUT2D eigenvalue weighted by molar-refractivity contribution is 5.99. The fraction of sp³-hybridized carbons (Fsp3) is 0.0769. The molecule has 0 unspecified atom stereocenters. The Hall–Kier alpha value is -2.36. The summed E-state index contributed by atoms with van der Waals surface area (Å²) < 4.78 is 0. The van der Waals surface area contributed by atoms with E-state index in [1.165, 1.54) is 0 Å². The minimum Gasteiger partial charge on any atom is -0.479 e. The summed E-state index contributed by atoms with van der Waals surface area (Å²) >= 11 is 0. The van der Waals surface area contributed by atoms with Crippen LogP contribution >= 0.6 is 0 Å². The number of benzene rings is 1. The van der Waals surface area contributed by atoms with Crippen LogP contribution < -0.4 is 5.32 Å². The fourth-order valence-electron chi connectivity index (χ4n) is 1.26. The zero-order chi connectivity index (χ0) is 12.9. The van der Waals surface area contributed by atoms with Crippen LogP contribution in [0.3, 0.4) is 0 Å². The lowest BCUT2D eigenvalue weighted by Gasteiger charge is -2.23. The first-order valence-corrected chi connectivity index (χ1v) is 4.94. The molecule has 0 saturated heterocycles. The quantitative estimate of drug-likeness (QED) is 0.756. The lowest BCUT2D eigenvalue weighted by atomic mass is 9.99. The predicted octanol–water partition coefficient (Wildman–Crippen LogP) is 1.61. The van der Waals surface area contributed by atoms with Gasteiger partial charge in [0, 0.05) is 5.56 Å². The average Bonchev–Trinajstić information content (AvgIpc) is 2.36. The molecule has 0 atom stereocenters.